The molecule has 0 radical (unpaired) electrons. The van der Waals surface area contributed by atoms with Crippen LogP contribution in [0.1, 0.15) is 6.42 Å². The zero-order chi connectivity index (χ0) is 18.7. The number of aromatic nitrogens is 1. The molecule has 0 aliphatic rings. The van der Waals surface area contributed by atoms with Gasteiger partial charge in [-0.25, -0.2) is 12.8 Å². The Hall–Kier alpha value is -2.80. The number of benzene rings is 2. The summed E-state index contributed by atoms with van der Waals surface area (Å²) in [5.41, 5.74) is 2.31. The number of sulfone groups is 1. The normalized spacial score (nSPS) is 11.5. The van der Waals surface area contributed by atoms with Crippen molar-refractivity contribution < 1.29 is 22.3 Å². The Balaban J connectivity index is 1.91. The van der Waals surface area contributed by atoms with Crippen LogP contribution in [0, 0.1) is 5.82 Å². The number of fused-ring (bicyclic) bond motifs is 1. The number of hydrogen-bond acceptors (Lipinski definition) is 5. The van der Waals surface area contributed by atoms with Gasteiger partial charge in [0, 0.05) is 11.6 Å². The molecule has 2 aromatic carbocycles. The fourth-order valence-corrected chi connectivity index (χ4v) is 3.72. The molecule has 0 bridgehead atoms. The number of pyridine rings is 1. The van der Waals surface area contributed by atoms with E-state index < -0.39 is 15.8 Å². The van der Waals surface area contributed by atoms with Crippen molar-refractivity contribution in [3.63, 3.8) is 0 Å². The first-order valence-corrected chi connectivity index (χ1v) is 9.49. The summed E-state index contributed by atoms with van der Waals surface area (Å²) in [5.74, 6) is -1.22. The third kappa shape index (κ3) is 3.88. The number of methoxy groups -OCH3 is 1. The van der Waals surface area contributed by atoms with Gasteiger partial charge in [0.1, 0.15) is 5.82 Å². The first-order chi connectivity index (χ1) is 12.4. The quantitative estimate of drug-likeness (QED) is 0.641. The van der Waals surface area contributed by atoms with Gasteiger partial charge in [-0.05, 0) is 35.4 Å². The van der Waals surface area contributed by atoms with Gasteiger partial charge in [0.25, 0.3) is 0 Å². The van der Waals surface area contributed by atoms with Gasteiger partial charge in [-0.3, -0.25) is 9.78 Å². The Morgan fingerprint density at radius 1 is 1.08 bits per heavy atom. The van der Waals surface area contributed by atoms with Crippen LogP contribution in [0.2, 0.25) is 0 Å². The van der Waals surface area contributed by atoms with Gasteiger partial charge in [-0.1, -0.05) is 24.3 Å². The lowest BCUT2D eigenvalue weighted by Crippen LogP contribution is -2.12. The van der Waals surface area contributed by atoms with Crippen LogP contribution in [-0.4, -0.2) is 32.2 Å². The SMILES string of the molecule is COC(=O)CCS(=O)(=O)c1cnc2cc(-c3ccc(F)cc3)ccc2c1. The summed E-state index contributed by atoms with van der Waals surface area (Å²) >= 11 is 0. The fraction of sp³-hybridized carbons (Fsp3) is 0.158. The van der Waals surface area contributed by atoms with Crippen molar-refractivity contribution in [2.24, 2.45) is 0 Å². The van der Waals surface area contributed by atoms with Crippen LogP contribution in [0.4, 0.5) is 4.39 Å². The molecular weight excluding hydrogens is 357 g/mol. The maximum atomic E-state index is 13.0. The van der Waals surface area contributed by atoms with Crippen molar-refractivity contribution in [2.45, 2.75) is 11.3 Å². The largest absolute Gasteiger partial charge is 0.469 e. The first kappa shape index (κ1) is 18.0. The molecule has 5 nitrogen and oxygen atoms in total. The number of halogens is 1. The molecule has 0 aliphatic carbocycles. The van der Waals surface area contributed by atoms with Crippen molar-refractivity contribution in [1.29, 1.82) is 0 Å². The van der Waals surface area contributed by atoms with Crippen LogP contribution in [0.5, 0.6) is 0 Å². The minimum atomic E-state index is -3.63. The zero-order valence-corrected chi connectivity index (χ0v) is 14.8. The maximum Gasteiger partial charge on any atom is 0.306 e. The van der Waals surface area contributed by atoms with E-state index in [2.05, 4.69) is 9.72 Å². The van der Waals surface area contributed by atoms with E-state index in [0.717, 1.165) is 11.1 Å². The Labute approximate surface area is 150 Å². The van der Waals surface area contributed by atoms with Crippen LogP contribution < -0.4 is 0 Å². The number of carbonyl (C=O) groups is 1. The predicted octanol–water partition coefficient (Wildman–Crippen LogP) is 3.38. The predicted molar refractivity (Wildman–Crippen MR) is 95.8 cm³/mol. The Kier molecular flexibility index (Phi) is 4.99. The highest BCUT2D eigenvalue weighted by Crippen LogP contribution is 2.25. The Morgan fingerprint density at radius 3 is 2.46 bits per heavy atom. The van der Waals surface area contributed by atoms with Crippen molar-refractivity contribution in [2.75, 3.05) is 12.9 Å². The molecule has 134 valence electrons. The molecule has 26 heavy (non-hydrogen) atoms. The second kappa shape index (κ2) is 7.21. The maximum absolute atomic E-state index is 13.0. The molecule has 3 rings (SSSR count). The zero-order valence-electron chi connectivity index (χ0n) is 14.0. The highest BCUT2D eigenvalue weighted by molar-refractivity contribution is 7.91. The van der Waals surface area contributed by atoms with Crippen molar-refractivity contribution >= 4 is 26.7 Å². The first-order valence-electron chi connectivity index (χ1n) is 7.84. The minimum absolute atomic E-state index is 0.0587. The summed E-state index contributed by atoms with van der Waals surface area (Å²) in [4.78, 5) is 15.5. The van der Waals surface area contributed by atoms with Gasteiger partial charge in [-0.15, -0.1) is 0 Å². The summed E-state index contributed by atoms with van der Waals surface area (Å²) in [6.45, 7) is 0. The number of hydrogen-bond donors (Lipinski definition) is 0. The lowest BCUT2D eigenvalue weighted by molar-refractivity contribution is -0.140. The number of rotatable bonds is 5. The van der Waals surface area contributed by atoms with Crippen molar-refractivity contribution in [3.8, 4) is 11.1 Å². The van der Waals surface area contributed by atoms with E-state index in [4.69, 9.17) is 0 Å². The second-order valence-corrected chi connectivity index (χ2v) is 7.84. The third-order valence-corrected chi connectivity index (χ3v) is 5.68. The van der Waals surface area contributed by atoms with Gasteiger partial charge in [0.05, 0.1) is 29.7 Å². The Morgan fingerprint density at radius 2 is 1.77 bits per heavy atom. The van der Waals surface area contributed by atoms with E-state index in [1.54, 1.807) is 18.2 Å². The monoisotopic (exact) mass is 373 g/mol. The average molecular weight is 373 g/mol. The van der Waals surface area contributed by atoms with Crippen molar-refractivity contribution in [3.05, 3.63) is 60.5 Å². The minimum Gasteiger partial charge on any atom is -0.469 e. The smallest absolute Gasteiger partial charge is 0.306 e. The van der Waals surface area contributed by atoms with Crippen LogP contribution in [-0.2, 0) is 19.4 Å². The molecule has 7 heteroatoms. The number of nitrogens with zero attached hydrogens (tertiary/aromatic N) is 1. The molecule has 0 unspecified atom stereocenters. The lowest BCUT2D eigenvalue weighted by atomic mass is 10.0. The topological polar surface area (TPSA) is 73.3 Å². The van der Waals surface area contributed by atoms with Crippen LogP contribution in [0.15, 0.2) is 59.6 Å². The van der Waals surface area contributed by atoms with Crippen LogP contribution in [0.3, 0.4) is 0 Å². The van der Waals surface area contributed by atoms with E-state index in [1.807, 2.05) is 12.1 Å². The van der Waals surface area contributed by atoms with Gasteiger partial charge in [-0.2, -0.15) is 0 Å². The molecule has 1 aromatic heterocycles. The van der Waals surface area contributed by atoms with Crippen LogP contribution >= 0.6 is 0 Å². The van der Waals surface area contributed by atoms with E-state index in [-0.39, 0.29) is 22.9 Å². The number of ether oxygens (including phenoxy) is 1. The average Bonchev–Trinajstić information content (AvgIpc) is 2.66. The molecule has 0 N–H and O–H groups in total. The molecule has 0 atom stereocenters. The summed E-state index contributed by atoms with van der Waals surface area (Å²) in [6, 6.07) is 13.0. The molecule has 0 saturated carbocycles. The van der Waals surface area contributed by atoms with Gasteiger partial charge in [0.15, 0.2) is 9.84 Å². The van der Waals surface area contributed by atoms with E-state index >= 15 is 0 Å². The number of esters is 1. The van der Waals surface area contributed by atoms with E-state index in [1.165, 1.54) is 31.5 Å². The van der Waals surface area contributed by atoms with Gasteiger partial charge >= 0.3 is 5.97 Å². The van der Waals surface area contributed by atoms with Crippen molar-refractivity contribution in [1.82, 2.24) is 4.98 Å². The molecule has 0 saturated heterocycles. The molecule has 3 aromatic rings. The molecule has 0 spiro atoms. The standard InChI is InChI=1S/C19H16FNO4S/c1-25-19(22)8-9-26(23,24)17-10-15-3-2-14(11-18(15)21-12-17)13-4-6-16(20)7-5-13/h2-7,10-12H,8-9H2,1H3. The molecule has 0 aliphatic heterocycles. The lowest BCUT2D eigenvalue weighted by Gasteiger charge is -2.07. The summed E-state index contributed by atoms with van der Waals surface area (Å²) in [5, 5.41) is 0.662. The van der Waals surface area contributed by atoms with E-state index in [9.17, 15) is 17.6 Å². The summed E-state index contributed by atoms with van der Waals surface area (Å²) in [6.07, 6.45) is 1.07. The second-order valence-electron chi connectivity index (χ2n) is 5.73. The van der Waals surface area contributed by atoms with Crippen LogP contribution in [0.25, 0.3) is 22.0 Å². The van der Waals surface area contributed by atoms with E-state index in [0.29, 0.717) is 10.9 Å². The van der Waals surface area contributed by atoms with Gasteiger partial charge in [0.2, 0.25) is 0 Å². The molecule has 1 heterocycles. The molecule has 0 fully saturated rings. The summed E-state index contributed by atoms with van der Waals surface area (Å²) < 4.78 is 42.2. The fourth-order valence-electron chi connectivity index (χ4n) is 2.53. The molecule has 0 amide bonds. The third-order valence-electron chi connectivity index (χ3n) is 4.00. The summed E-state index contributed by atoms with van der Waals surface area (Å²) in [7, 11) is -2.42. The number of carbonyl (C=O) groups excluding carboxylic acids is 1. The molecular formula is C19H16FNO4S. The van der Waals surface area contributed by atoms with Gasteiger partial charge < -0.3 is 4.74 Å². The Bertz CT molecular complexity index is 1060. The highest BCUT2D eigenvalue weighted by Gasteiger charge is 2.18. The highest BCUT2D eigenvalue weighted by atomic mass is 32.2.